The van der Waals surface area contributed by atoms with Crippen LogP contribution in [0.2, 0.25) is 0 Å². The lowest BCUT2D eigenvalue weighted by molar-refractivity contribution is -0.111. The van der Waals surface area contributed by atoms with E-state index in [2.05, 4.69) is 0 Å². The molecule has 0 aliphatic heterocycles. The van der Waals surface area contributed by atoms with E-state index in [1.54, 1.807) is 12.1 Å². The minimum absolute atomic E-state index is 0.176. The van der Waals surface area contributed by atoms with E-state index in [0.29, 0.717) is 12.0 Å². The molecule has 0 spiro atoms. The number of hydrogen-bond donors (Lipinski definition) is 0. The van der Waals surface area contributed by atoms with Crippen LogP contribution in [-0.4, -0.2) is 5.24 Å². The fourth-order valence-corrected chi connectivity index (χ4v) is 2.01. The molecule has 0 aliphatic carbocycles. The zero-order chi connectivity index (χ0) is 13.9. The van der Waals surface area contributed by atoms with Crippen molar-refractivity contribution in [3.8, 4) is 0 Å². The van der Waals surface area contributed by atoms with Gasteiger partial charge in [0, 0.05) is 12.0 Å². The summed E-state index contributed by atoms with van der Waals surface area (Å²) in [5.41, 5.74) is 0.642. The fourth-order valence-electron chi connectivity index (χ4n) is 1.88. The molecule has 0 saturated heterocycles. The maximum Gasteiger partial charge on any atom is 0.221 e. The standard InChI is InChI=1S/C16H20ClFO/c17-16(19)13-7-5-3-1-2-4-6-10-14-11-8-9-12-15(14)18/h6,8-12H,1-5,7,13H2. The maximum absolute atomic E-state index is 13.3. The number of benzene rings is 1. The number of allylic oxidation sites excluding steroid dienone is 1. The van der Waals surface area contributed by atoms with Crippen LogP contribution in [0, 0.1) is 5.82 Å². The molecule has 0 radical (unpaired) electrons. The summed E-state index contributed by atoms with van der Waals surface area (Å²) in [6, 6.07) is 6.77. The number of rotatable bonds is 9. The Hall–Kier alpha value is -1.15. The van der Waals surface area contributed by atoms with E-state index in [9.17, 15) is 9.18 Å². The summed E-state index contributed by atoms with van der Waals surface area (Å²) in [6.45, 7) is 0. The van der Waals surface area contributed by atoms with Crippen LogP contribution in [-0.2, 0) is 4.79 Å². The van der Waals surface area contributed by atoms with E-state index in [0.717, 1.165) is 38.5 Å². The van der Waals surface area contributed by atoms with Crippen molar-refractivity contribution in [2.24, 2.45) is 0 Å². The zero-order valence-electron chi connectivity index (χ0n) is 11.1. The molecule has 0 atom stereocenters. The molecule has 19 heavy (non-hydrogen) atoms. The Morgan fingerprint density at radius 2 is 1.79 bits per heavy atom. The van der Waals surface area contributed by atoms with Crippen LogP contribution in [0.15, 0.2) is 30.3 Å². The molecule has 1 aromatic rings. The highest BCUT2D eigenvalue weighted by Crippen LogP contribution is 2.11. The van der Waals surface area contributed by atoms with Gasteiger partial charge in [0.25, 0.3) is 0 Å². The van der Waals surface area contributed by atoms with E-state index >= 15 is 0 Å². The van der Waals surface area contributed by atoms with Gasteiger partial charge in [-0.25, -0.2) is 4.39 Å². The molecule has 3 heteroatoms. The highest BCUT2D eigenvalue weighted by Gasteiger charge is 1.96. The molecule has 0 heterocycles. The number of unbranched alkanes of at least 4 members (excludes halogenated alkanes) is 5. The monoisotopic (exact) mass is 282 g/mol. The van der Waals surface area contributed by atoms with Crippen molar-refractivity contribution in [3.63, 3.8) is 0 Å². The fraction of sp³-hybridized carbons (Fsp3) is 0.438. The van der Waals surface area contributed by atoms with Gasteiger partial charge in [0.15, 0.2) is 0 Å². The van der Waals surface area contributed by atoms with Crippen LogP contribution < -0.4 is 0 Å². The van der Waals surface area contributed by atoms with E-state index < -0.39 is 0 Å². The minimum Gasteiger partial charge on any atom is -0.281 e. The molecule has 0 bridgehead atoms. The summed E-state index contributed by atoms with van der Waals surface area (Å²) >= 11 is 5.25. The third kappa shape index (κ3) is 7.78. The Morgan fingerprint density at radius 3 is 2.53 bits per heavy atom. The molecular weight excluding hydrogens is 263 g/mol. The smallest absolute Gasteiger partial charge is 0.221 e. The quantitative estimate of drug-likeness (QED) is 0.442. The highest BCUT2D eigenvalue weighted by molar-refractivity contribution is 6.63. The van der Waals surface area contributed by atoms with Crippen molar-refractivity contribution in [2.45, 2.75) is 44.9 Å². The second-order valence-electron chi connectivity index (χ2n) is 4.59. The average molecular weight is 283 g/mol. The van der Waals surface area contributed by atoms with Crippen molar-refractivity contribution in [1.29, 1.82) is 0 Å². The third-order valence-corrected chi connectivity index (χ3v) is 3.14. The molecule has 0 saturated carbocycles. The molecular formula is C16H20ClFO. The predicted octanol–water partition coefficient (Wildman–Crippen LogP) is 5.34. The summed E-state index contributed by atoms with van der Waals surface area (Å²) in [4.78, 5) is 10.5. The third-order valence-electron chi connectivity index (χ3n) is 2.95. The second-order valence-corrected chi connectivity index (χ2v) is 5.01. The van der Waals surface area contributed by atoms with Crippen molar-refractivity contribution in [2.75, 3.05) is 0 Å². The van der Waals surface area contributed by atoms with Gasteiger partial charge in [0.2, 0.25) is 5.24 Å². The lowest BCUT2D eigenvalue weighted by atomic mass is 10.1. The molecule has 0 fully saturated rings. The molecule has 0 amide bonds. The summed E-state index contributed by atoms with van der Waals surface area (Å²) in [5.74, 6) is -0.176. The molecule has 0 unspecified atom stereocenters. The first kappa shape index (κ1) is 15.9. The largest absolute Gasteiger partial charge is 0.281 e. The normalized spacial score (nSPS) is 11.1. The van der Waals surface area contributed by atoms with E-state index in [1.807, 2.05) is 18.2 Å². The first-order chi connectivity index (χ1) is 9.20. The van der Waals surface area contributed by atoms with Gasteiger partial charge in [-0.15, -0.1) is 0 Å². The van der Waals surface area contributed by atoms with Crippen LogP contribution in [0.3, 0.4) is 0 Å². The summed E-state index contributed by atoms with van der Waals surface area (Å²) in [7, 11) is 0. The van der Waals surface area contributed by atoms with Crippen molar-refractivity contribution >= 4 is 22.9 Å². The van der Waals surface area contributed by atoms with E-state index in [-0.39, 0.29) is 11.1 Å². The summed E-state index contributed by atoms with van der Waals surface area (Å²) in [6.07, 6.45) is 10.6. The zero-order valence-corrected chi connectivity index (χ0v) is 11.8. The highest BCUT2D eigenvalue weighted by atomic mass is 35.5. The number of carbonyl (C=O) groups is 1. The second kappa shape index (κ2) is 9.74. The van der Waals surface area contributed by atoms with Gasteiger partial charge in [-0.1, -0.05) is 49.6 Å². The number of halogens is 2. The Bertz CT molecular complexity index is 415. The van der Waals surface area contributed by atoms with Crippen LogP contribution in [0.25, 0.3) is 6.08 Å². The molecule has 0 N–H and O–H groups in total. The SMILES string of the molecule is O=C(Cl)CCCCCCCC=Cc1ccccc1F. The van der Waals surface area contributed by atoms with E-state index in [4.69, 9.17) is 11.6 Å². The van der Waals surface area contributed by atoms with Gasteiger partial charge in [-0.3, -0.25) is 4.79 Å². The lowest BCUT2D eigenvalue weighted by Gasteiger charge is -1.98. The Kier molecular flexibility index (Phi) is 8.15. The van der Waals surface area contributed by atoms with Crippen molar-refractivity contribution in [3.05, 3.63) is 41.7 Å². The van der Waals surface area contributed by atoms with Crippen LogP contribution in [0.4, 0.5) is 4.39 Å². The van der Waals surface area contributed by atoms with Gasteiger partial charge in [0.05, 0.1) is 0 Å². The first-order valence-corrected chi connectivity index (χ1v) is 7.17. The maximum atomic E-state index is 13.3. The lowest BCUT2D eigenvalue weighted by Crippen LogP contribution is -1.86. The molecule has 0 aromatic heterocycles. The minimum atomic E-state index is -0.243. The molecule has 1 nitrogen and oxygen atoms in total. The molecule has 104 valence electrons. The van der Waals surface area contributed by atoms with E-state index in [1.165, 1.54) is 6.07 Å². The van der Waals surface area contributed by atoms with Crippen molar-refractivity contribution < 1.29 is 9.18 Å². The molecule has 1 rings (SSSR count). The predicted molar refractivity (Wildman–Crippen MR) is 78.6 cm³/mol. The van der Waals surface area contributed by atoms with Gasteiger partial charge in [-0.05, 0) is 36.9 Å². The van der Waals surface area contributed by atoms with Crippen LogP contribution in [0.5, 0.6) is 0 Å². The molecule has 1 aromatic carbocycles. The topological polar surface area (TPSA) is 17.1 Å². The van der Waals surface area contributed by atoms with Gasteiger partial charge in [0.1, 0.15) is 5.82 Å². The Morgan fingerprint density at radius 1 is 1.11 bits per heavy atom. The van der Waals surface area contributed by atoms with Crippen LogP contribution in [0.1, 0.15) is 50.5 Å². The summed E-state index contributed by atoms with van der Waals surface area (Å²) in [5, 5.41) is -0.243. The van der Waals surface area contributed by atoms with Crippen molar-refractivity contribution in [1.82, 2.24) is 0 Å². The number of carbonyl (C=O) groups excluding carboxylic acids is 1. The Balaban J connectivity index is 2.05. The van der Waals surface area contributed by atoms with Crippen LogP contribution >= 0.6 is 11.6 Å². The first-order valence-electron chi connectivity index (χ1n) is 6.79. The van der Waals surface area contributed by atoms with Gasteiger partial charge in [-0.2, -0.15) is 0 Å². The Labute approximate surface area is 119 Å². The average Bonchev–Trinajstić information content (AvgIpc) is 2.38. The number of hydrogen-bond acceptors (Lipinski definition) is 1. The van der Waals surface area contributed by atoms with Gasteiger partial charge < -0.3 is 0 Å². The molecule has 0 aliphatic rings. The summed E-state index contributed by atoms with van der Waals surface area (Å²) < 4.78 is 13.3. The van der Waals surface area contributed by atoms with Gasteiger partial charge >= 0.3 is 0 Å².